The Morgan fingerprint density at radius 2 is 2.19 bits per heavy atom. The Morgan fingerprint density at radius 1 is 1.37 bits per heavy atom. The minimum Gasteiger partial charge on any atom is -0.496 e. The van der Waals surface area contributed by atoms with Crippen molar-refractivity contribution in [1.82, 2.24) is 20.0 Å². The van der Waals surface area contributed by atoms with Gasteiger partial charge in [-0.3, -0.25) is 9.78 Å². The lowest BCUT2D eigenvalue weighted by molar-refractivity contribution is -0.130. The molecule has 0 saturated carbocycles. The lowest BCUT2D eigenvalue weighted by Crippen LogP contribution is -2.27. The van der Waals surface area contributed by atoms with Gasteiger partial charge in [-0.25, -0.2) is 0 Å². The summed E-state index contributed by atoms with van der Waals surface area (Å²) in [6.45, 7) is 4.33. The van der Waals surface area contributed by atoms with Crippen LogP contribution in [0.15, 0.2) is 28.2 Å². The summed E-state index contributed by atoms with van der Waals surface area (Å²) in [5.41, 5.74) is 2.76. The first-order valence-electron chi connectivity index (χ1n) is 8.59. The van der Waals surface area contributed by atoms with Crippen LogP contribution in [0.3, 0.4) is 0 Å². The van der Waals surface area contributed by atoms with Crippen molar-refractivity contribution < 1.29 is 14.1 Å². The first-order valence-corrected chi connectivity index (χ1v) is 9.47. The molecule has 0 aliphatic heterocycles. The summed E-state index contributed by atoms with van der Waals surface area (Å²) in [4.78, 5) is 23.9. The number of amides is 1. The number of ether oxygens (including phenoxy) is 1. The molecule has 3 aromatic heterocycles. The number of nitrogens with zero attached hydrogens (tertiary/aromatic N) is 4. The van der Waals surface area contributed by atoms with Crippen LogP contribution in [0.4, 0.5) is 0 Å². The van der Waals surface area contributed by atoms with Crippen molar-refractivity contribution in [2.75, 3.05) is 14.2 Å². The third-order valence-electron chi connectivity index (χ3n) is 4.32. The van der Waals surface area contributed by atoms with Crippen LogP contribution in [0.2, 0.25) is 0 Å². The molecule has 0 aliphatic carbocycles. The van der Waals surface area contributed by atoms with E-state index in [-0.39, 0.29) is 5.91 Å². The summed E-state index contributed by atoms with van der Waals surface area (Å²) in [6.07, 6.45) is 2.47. The highest BCUT2D eigenvalue weighted by atomic mass is 32.1. The van der Waals surface area contributed by atoms with Crippen LogP contribution in [0.1, 0.15) is 29.1 Å². The molecule has 0 aromatic carbocycles. The fourth-order valence-electron chi connectivity index (χ4n) is 2.81. The third-order valence-corrected chi connectivity index (χ3v) is 5.19. The number of hydrogen-bond donors (Lipinski definition) is 0. The predicted molar refractivity (Wildman–Crippen MR) is 103 cm³/mol. The topological polar surface area (TPSA) is 81.4 Å². The summed E-state index contributed by atoms with van der Waals surface area (Å²) in [5, 5.41) is 5.92. The molecule has 0 spiro atoms. The van der Waals surface area contributed by atoms with Gasteiger partial charge in [0.15, 0.2) is 0 Å². The summed E-state index contributed by atoms with van der Waals surface area (Å²) in [6, 6.07) is 3.87. The van der Waals surface area contributed by atoms with Crippen LogP contribution in [-0.4, -0.2) is 40.1 Å². The maximum absolute atomic E-state index is 12.5. The van der Waals surface area contributed by atoms with Crippen molar-refractivity contribution >= 4 is 17.2 Å². The standard InChI is InChI=1S/C19H22N4O3S/c1-12-10-20-14(13(2)18(12)25-4)11-23(3)17(24)8-7-16-21-19(22-26-16)15-6-5-9-27-15/h5-6,9-10H,7-8,11H2,1-4H3. The molecule has 8 heteroatoms. The number of thiophene rings is 1. The molecule has 0 radical (unpaired) electrons. The monoisotopic (exact) mass is 386 g/mol. The van der Waals surface area contributed by atoms with Gasteiger partial charge in [-0.2, -0.15) is 4.98 Å². The van der Waals surface area contributed by atoms with E-state index in [4.69, 9.17) is 9.26 Å². The minimum absolute atomic E-state index is 0.00776. The summed E-state index contributed by atoms with van der Waals surface area (Å²) in [5.74, 6) is 1.83. The third kappa shape index (κ3) is 4.33. The van der Waals surface area contributed by atoms with Crippen LogP contribution < -0.4 is 4.74 Å². The Hall–Kier alpha value is -2.74. The molecule has 0 saturated heterocycles. The molecule has 0 unspecified atom stereocenters. The molecule has 142 valence electrons. The van der Waals surface area contributed by atoms with Gasteiger partial charge in [0.1, 0.15) is 5.75 Å². The van der Waals surface area contributed by atoms with Crippen molar-refractivity contribution in [1.29, 1.82) is 0 Å². The van der Waals surface area contributed by atoms with Gasteiger partial charge < -0.3 is 14.2 Å². The average molecular weight is 386 g/mol. The Balaban J connectivity index is 1.58. The van der Waals surface area contributed by atoms with Gasteiger partial charge in [-0.15, -0.1) is 11.3 Å². The van der Waals surface area contributed by atoms with Crippen molar-refractivity contribution in [3.8, 4) is 16.5 Å². The van der Waals surface area contributed by atoms with Crippen LogP contribution in [0, 0.1) is 13.8 Å². The SMILES string of the molecule is COc1c(C)cnc(CN(C)C(=O)CCc2nc(-c3cccs3)no2)c1C. The zero-order valence-corrected chi connectivity index (χ0v) is 16.7. The van der Waals surface area contributed by atoms with E-state index in [2.05, 4.69) is 15.1 Å². The summed E-state index contributed by atoms with van der Waals surface area (Å²) in [7, 11) is 3.41. The van der Waals surface area contributed by atoms with E-state index in [1.54, 1.807) is 36.6 Å². The van der Waals surface area contributed by atoms with Gasteiger partial charge in [0, 0.05) is 37.2 Å². The van der Waals surface area contributed by atoms with Crippen molar-refractivity contribution in [2.45, 2.75) is 33.2 Å². The molecular formula is C19H22N4O3S. The molecule has 0 fully saturated rings. The number of hydrogen-bond acceptors (Lipinski definition) is 7. The lowest BCUT2D eigenvalue weighted by Gasteiger charge is -2.19. The maximum Gasteiger partial charge on any atom is 0.227 e. The van der Waals surface area contributed by atoms with Crippen molar-refractivity contribution in [3.63, 3.8) is 0 Å². The molecule has 0 bridgehead atoms. The fraction of sp³-hybridized carbons (Fsp3) is 0.368. The van der Waals surface area contributed by atoms with Crippen LogP contribution in [0.5, 0.6) is 5.75 Å². The quantitative estimate of drug-likeness (QED) is 0.619. The zero-order valence-electron chi connectivity index (χ0n) is 15.9. The smallest absolute Gasteiger partial charge is 0.227 e. The van der Waals surface area contributed by atoms with Crippen LogP contribution in [0.25, 0.3) is 10.7 Å². The first-order chi connectivity index (χ1) is 13.0. The van der Waals surface area contributed by atoms with Gasteiger partial charge in [-0.05, 0) is 25.3 Å². The fourth-order valence-corrected chi connectivity index (χ4v) is 3.46. The molecule has 27 heavy (non-hydrogen) atoms. The number of rotatable bonds is 7. The van der Waals surface area contributed by atoms with Gasteiger partial charge in [0.2, 0.25) is 17.6 Å². The number of pyridine rings is 1. The highest BCUT2D eigenvalue weighted by molar-refractivity contribution is 7.13. The molecule has 3 aromatic rings. The van der Waals surface area contributed by atoms with Gasteiger partial charge in [0.05, 0.1) is 24.2 Å². The Labute approximate surface area is 162 Å². The second-order valence-electron chi connectivity index (χ2n) is 6.28. The van der Waals surface area contributed by atoms with Crippen molar-refractivity contribution in [2.24, 2.45) is 0 Å². The average Bonchev–Trinajstić information content (AvgIpc) is 3.33. The molecule has 3 heterocycles. The Bertz CT molecular complexity index is 921. The number of carbonyl (C=O) groups is 1. The van der Waals surface area contributed by atoms with Gasteiger partial charge in [0.25, 0.3) is 0 Å². The van der Waals surface area contributed by atoms with Gasteiger partial charge >= 0.3 is 0 Å². The molecule has 0 aliphatic rings. The Kier molecular flexibility index (Phi) is 5.85. The number of carbonyl (C=O) groups excluding carboxylic acids is 1. The minimum atomic E-state index is -0.00776. The van der Waals surface area contributed by atoms with Crippen LogP contribution >= 0.6 is 11.3 Å². The zero-order chi connectivity index (χ0) is 19.4. The van der Waals surface area contributed by atoms with E-state index >= 15 is 0 Å². The number of methoxy groups -OCH3 is 1. The van der Waals surface area contributed by atoms with E-state index in [1.807, 2.05) is 31.4 Å². The maximum atomic E-state index is 12.5. The summed E-state index contributed by atoms with van der Waals surface area (Å²) < 4.78 is 10.7. The molecular weight excluding hydrogens is 364 g/mol. The molecule has 0 N–H and O–H groups in total. The number of aromatic nitrogens is 3. The second-order valence-corrected chi connectivity index (χ2v) is 7.23. The largest absolute Gasteiger partial charge is 0.496 e. The van der Waals surface area contributed by atoms with Crippen LogP contribution in [-0.2, 0) is 17.8 Å². The normalized spacial score (nSPS) is 10.8. The van der Waals surface area contributed by atoms with Crippen molar-refractivity contribution in [3.05, 3.63) is 46.4 Å². The summed E-state index contributed by atoms with van der Waals surface area (Å²) >= 11 is 1.55. The molecule has 0 atom stereocenters. The van der Waals surface area contributed by atoms with E-state index in [1.165, 1.54) is 0 Å². The van der Waals surface area contributed by atoms with Gasteiger partial charge in [-0.1, -0.05) is 11.2 Å². The lowest BCUT2D eigenvalue weighted by atomic mass is 10.1. The first kappa shape index (κ1) is 19.0. The Morgan fingerprint density at radius 3 is 2.89 bits per heavy atom. The molecule has 1 amide bonds. The second kappa shape index (κ2) is 8.30. The van der Waals surface area contributed by atoms with E-state index in [9.17, 15) is 4.79 Å². The number of aryl methyl sites for hydroxylation is 2. The highest BCUT2D eigenvalue weighted by Crippen LogP contribution is 2.25. The van der Waals surface area contributed by atoms with E-state index in [0.717, 1.165) is 27.4 Å². The van der Waals surface area contributed by atoms with E-state index in [0.29, 0.717) is 31.1 Å². The highest BCUT2D eigenvalue weighted by Gasteiger charge is 2.16. The molecule has 7 nitrogen and oxygen atoms in total. The van der Waals surface area contributed by atoms with E-state index < -0.39 is 0 Å². The predicted octanol–water partition coefficient (Wildman–Crippen LogP) is 3.41. The molecule has 3 rings (SSSR count).